The van der Waals surface area contributed by atoms with Gasteiger partial charge in [0.05, 0.1) is 5.41 Å². The molecule has 0 unspecified atom stereocenters. The topological polar surface area (TPSA) is 55.8 Å². The van der Waals surface area contributed by atoms with Crippen molar-refractivity contribution in [3.8, 4) is 0 Å². The average molecular weight is 426 g/mol. The van der Waals surface area contributed by atoms with Crippen LogP contribution >= 0.6 is 0 Å². The molecule has 0 aromatic rings. The molecule has 1 heterocycles. The van der Waals surface area contributed by atoms with Crippen LogP contribution in [0.5, 0.6) is 0 Å². The number of rotatable bonds is 8. The van der Waals surface area contributed by atoms with Crippen molar-refractivity contribution in [3.05, 3.63) is 0 Å². The van der Waals surface area contributed by atoms with Crippen LogP contribution < -0.4 is 0 Å². The Morgan fingerprint density at radius 3 is 1.67 bits per heavy atom. The highest BCUT2D eigenvalue weighted by Crippen LogP contribution is 2.40. The monoisotopic (exact) mass is 425 g/mol. The Balaban J connectivity index is 2.95. The maximum Gasteiger partial charge on any atom is 0.410 e. The third-order valence-electron chi connectivity index (χ3n) is 7.62. The van der Waals surface area contributed by atoms with Gasteiger partial charge in [-0.1, -0.05) is 62.3 Å². The van der Waals surface area contributed by atoms with Gasteiger partial charge in [-0.25, -0.2) is 4.79 Å². The molecule has 1 saturated heterocycles. The van der Waals surface area contributed by atoms with E-state index in [1.165, 1.54) is 0 Å². The normalized spacial score (nSPS) is 17.8. The van der Waals surface area contributed by atoms with Crippen molar-refractivity contribution in [1.29, 1.82) is 0 Å². The van der Waals surface area contributed by atoms with Crippen LogP contribution in [0.15, 0.2) is 0 Å². The van der Waals surface area contributed by atoms with E-state index in [2.05, 4.69) is 55.4 Å². The molecule has 1 aliphatic rings. The Hall–Kier alpha value is -1.26. The summed E-state index contributed by atoms with van der Waals surface area (Å²) in [7, 11) is 0. The highest BCUT2D eigenvalue weighted by atomic mass is 16.6. The van der Waals surface area contributed by atoms with Gasteiger partial charge in [0.25, 0.3) is 0 Å². The Labute approximate surface area is 185 Å². The Morgan fingerprint density at radius 2 is 1.33 bits per heavy atom. The molecule has 0 radical (unpaired) electrons. The number of hydrogen-bond acceptors (Lipinski definition) is 4. The molecule has 0 bridgehead atoms. The van der Waals surface area contributed by atoms with E-state index >= 15 is 0 Å². The summed E-state index contributed by atoms with van der Waals surface area (Å²) in [5.41, 5.74) is -1.52. The van der Waals surface area contributed by atoms with Gasteiger partial charge in [0.1, 0.15) is 11.2 Å². The summed E-state index contributed by atoms with van der Waals surface area (Å²) in [6.07, 6.45) is 1.77. The van der Waals surface area contributed by atoms with Crippen LogP contribution in [0.3, 0.4) is 0 Å². The van der Waals surface area contributed by atoms with E-state index < -0.39 is 16.6 Å². The summed E-state index contributed by atoms with van der Waals surface area (Å²) >= 11 is 0. The summed E-state index contributed by atoms with van der Waals surface area (Å²) in [4.78, 5) is 27.7. The van der Waals surface area contributed by atoms with Crippen LogP contribution in [0.4, 0.5) is 4.79 Å². The second-order valence-corrected chi connectivity index (χ2v) is 11.0. The first-order valence-corrected chi connectivity index (χ1v) is 11.9. The highest BCUT2D eigenvalue weighted by Gasteiger charge is 2.48. The van der Waals surface area contributed by atoms with Gasteiger partial charge in [0, 0.05) is 25.9 Å². The first kappa shape index (κ1) is 26.8. The third-order valence-corrected chi connectivity index (χ3v) is 7.62. The smallest absolute Gasteiger partial charge is 0.410 e. The van der Waals surface area contributed by atoms with Gasteiger partial charge in [-0.2, -0.15) is 0 Å². The lowest BCUT2D eigenvalue weighted by atomic mass is 9.72. The van der Waals surface area contributed by atoms with Gasteiger partial charge in [0.15, 0.2) is 0 Å². The summed E-state index contributed by atoms with van der Waals surface area (Å²) in [5.74, 6) is 0.705. The largest absolute Gasteiger partial charge is 0.458 e. The van der Waals surface area contributed by atoms with Gasteiger partial charge in [-0.15, -0.1) is 0 Å². The zero-order valence-electron chi connectivity index (χ0n) is 21.4. The second kappa shape index (κ2) is 9.91. The van der Waals surface area contributed by atoms with Crippen molar-refractivity contribution >= 4 is 12.1 Å². The van der Waals surface area contributed by atoms with Crippen molar-refractivity contribution < 1.29 is 19.1 Å². The maximum atomic E-state index is 13.1. The van der Waals surface area contributed by atoms with Crippen LogP contribution in [-0.4, -0.2) is 41.3 Å². The summed E-state index contributed by atoms with van der Waals surface area (Å²) in [6, 6.07) is 0. The lowest BCUT2D eigenvalue weighted by Gasteiger charge is -2.47. The minimum Gasteiger partial charge on any atom is -0.458 e. The Morgan fingerprint density at radius 1 is 0.900 bits per heavy atom. The molecule has 5 heteroatoms. The molecule has 0 aliphatic carbocycles. The van der Waals surface area contributed by atoms with Crippen molar-refractivity contribution in [1.82, 2.24) is 4.90 Å². The third kappa shape index (κ3) is 5.31. The summed E-state index contributed by atoms with van der Waals surface area (Å²) < 4.78 is 12.3. The fraction of sp³-hybridized carbons (Fsp3) is 0.920. The number of esters is 1. The Bertz CT molecular complexity index is 562. The van der Waals surface area contributed by atoms with E-state index in [-0.39, 0.29) is 35.7 Å². The molecule has 0 atom stereocenters. The molecular formula is C25H47NO4. The minimum atomic E-state index is -0.522. The molecule has 0 aromatic carbocycles. The van der Waals surface area contributed by atoms with Gasteiger partial charge in [-0.3, -0.25) is 4.79 Å². The molecule has 1 rings (SSSR count). The van der Waals surface area contributed by atoms with E-state index in [1.54, 1.807) is 4.90 Å². The standard InChI is InChI=1S/C25H47NO4/c1-12-23(10,11)21(27)29-24(17(2)3)13-15-26(16-14-24)22(28)30-25(18(4)5,19(6)7)20(8)9/h17-20H,12-16H2,1-11H3. The van der Waals surface area contributed by atoms with Crippen molar-refractivity contribution in [3.63, 3.8) is 0 Å². The van der Waals surface area contributed by atoms with Crippen LogP contribution in [-0.2, 0) is 14.3 Å². The van der Waals surface area contributed by atoms with Crippen LogP contribution in [0.2, 0.25) is 0 Å². The highest BCUT2D eigenvalue weighted by molar-refractivity contribution is 5.76. The zero-order valence-corrected chi connectivity index (χ0v) is 21.4. The fourth-order valence-corrected chi connectivity index (χ4v) is 4.90. The fourth-order valence-electron chi connectivity index (χ4n) is 4.90. The quantitative estimate of drug-likeness (QED) is 0.428. The van der Waals surface area contributed by atoms with Crippen LogP contribution in [0.25, 0.3) is 0 Å². The SMILES string of the molecule is CCC(C)(C)C(=O)OC1(C(C)C)CCN(C(=O)OC(C(C)C)(C(C)C)C(C)C)CC1. The molecule has 0 N–H and O–H groups in total. The minimum absolute atomic E-state index is 0.145. The molecule has 1 aliphatic heterocycles. The number of carbonyl (C=O) groups excluding carboxylic acids is 2. The number of amides is 1. The maximum absolute atomic E-state index is 13.1. The van der Waals surface area contributed by atoms with E-state index in [0.29, 0.717) is 25.9 Å². The summed E-state index contributed by atoms with van der Waals surface area (Å²) in [6.45, 7) is 23.9. The molecular weight excluding hydrogens is 378 g/mol. The van der Waals surface area contributed by atoms with Gasteiger partial charge < -0.3 is 14.4 Å². The van der Waals surface area contributed by atoms with Gasteiger partial charge in [0.2, 0.25) is 0 Å². The molecule has 176 valence electrons. The van der Waals surface area contributed by atoms with E-state index in [9.17, 15) is 9.59 Å². The number of piperidine rings is 1. The molecule has 0 spiro atoms. The molecule has 0 aromatic heterocycles. The van der Waals surface area contributed by atoms with Crippen LogP contribution in [0.1, 0.15) is 95.4 Å². The predicted octanol–water partition coefficient (Wildman–Crippen LogP) is 6.30. The number of nitrogens with zero attached hydrogens (tertiary/aromatic N) is 1. The molecule has 0 saturated carbocycles. The number of ether oxygens (including phenoxy) is 2. The van der Waals surface area contributed by atoms with Gasteiger partial charge >= 0.3 is 12.1 Å². The Kier molecular flexibility index (Phi) is 8.84. The van der Waals surface area contributed by atoms with E-state index in [1.807, 2.05) is 20.8 Å². The lowest BCUT2D eigenvalue weighted by Crippen LogP contribution is -2.56. The van der Waals surface area contributed by atoms with Crippen molar-refractivity contribution in [2.75, 3.05) is 13.1 Å². The first-order valence-electron chi connectivity index (χ1n) is 11.9. The number of carbonyl (C=O) groups is 2. The van der Waals surface area contributed by atoms with Crippen molar-refractivity contribution in [2.45, 2.75) is 107 Å². The molecule has 1 fully saturated rings. The molecule has 30 heavy (non-hydrogen) atoms. The van der Waals surface area contributed by atoms with Gasteiger partial charge in [-0.05, 0) is 43.9 Å². The van der Waals surface area contributed by atoms with Crippen LogP contribution in [0, 0.1) is 29.1 Å². The molecule has 5 nitrogen and oxygen atoms in total. The number of likely N-dealkylation sites (tertiary alicyclic amines) is 1. The lowest BCUT2D eigenvalue weighted by molar-refractivity contribution is -0.182. The van der Waals surface area contributed by atoms with Crippen molar-refractivity contribution in [2.24, 2.45) is 29.1 Å². The number of hydrogen-bond donors (Lipinski definition) is 0. The predicted molar refractivity (Wildman–Crippen MR) is 122 cm³/mol. The van der Waals surface area contributed by atoms with E-state index in [0.717, 1.165) is 6.42 Å². The average Bonchev–Trinajstić information content (AvgIpc) is 2.65. The van der Waals surface area contributed by atoms with E-state index in [4.69, 9.17) is 9.47 Å². The second-order valence-electron chi connectivity index (χ2n) is 11.0. The first-order chi connectivity index (χ1) is 13.7. The zero-order chi connectivity index (χ0) is 23.5. The summed E-state index contributed by atoms with van der Waals surface area (Å²) in [5, 5.41) is 0. The molecule has 1 amide bonds.